The normalized spacial score (nSPS) is 12.3. The van der Waals surface area contributed by atoms with Gasteiger partial charge in [-0.25, -0.2) is 9.97 Å². The van der Waals surface area contributed by atoms with E-state index in [4.69, 9.17) is 9.97 Å². The average molecular weight is 601 g/mol. The van der Waals surface area contributed by atoms with Gasteiger partial charge in [-0.3, -0.25) is 9.38 Å². The molecular weight excluding hydrogens is 576 g/mol. The predicted octanol–water partition coefficient (Wildman–Crippen LogP) is 9.78. The van der Waals surface area contributed by atoms with Gasteiger partial charge in [-0.05, 0) is 66.0 Å². The summed E-state index contributed by atoms with van der Waals surface area (Å²) in [5, 5.41) is 8.12. The van der Waals surface area contributed by atoms with Crippen molar-refractivity contribution in [3.05, 3.63) is 146 Å². The summed E-state index contributed by atoms with van der Waals surface area (Å²) in [5.74, 6) is 0. The van der Waals surface area contributed by atoms with E-state index < -0.39 is 0 Å². The first-order valence-corrected chi connectivity index (χ1v) is 15.8. The highest BCUT2D eigenvalue weighted by Gasteiger charge is 2.23. The van der Waals surface area contributed by atoms with Gasteiger partial charge in [-0.2, -0.15) is 0 Å². The fourth-order valence-corrected chi connectivity index (χ4v) is 7.80. The van der Waals surface area contributed by atoms with Gasteiger partial charge in [0.1, 0.15) is 11.3 Å². The zero-order valence-corrected chi connectivity index (χ0v) is 25.0. The molecule has 47 heavy (non-hydrogen) atoms. The van der Waals surface area contributed by atoms with Crippen molar-refractivity contribution in [2.75, 3.05) is 0 Å². The SMILES string of the molecule is c1ccc(-n2c3ccccc3c3ccc4c5cc6c(cc5n(-c5ccccc5)c4c32)c2cccnc2n2c3cnccc3nc62)cc1. The molecule has 0 unspecified atom stereocenters. The summed E-state index contributed by atoms with van der Waals surface area (Å²) in [7, 11) is 0. The Balaban J connectivity index is 1.42. The molecule has 6 heteroatoms. The minimum Gasteiger partial charge on any atom is -0.307 e. The van der Waals surface area contributed by atoms with Gasteiger partial charge in [-0.1, -0.05) is 66.7 Å². The van der Waals surface area contributed by atoms with Crippen LogP contribution in [0.2, 0.25) is 0 Å². The Morgan fingerprint density at radius 3 is 1.89 bits per heavy atom. The van der Waals surface area contributed by atoms with Gasteiger partial charge in [0.15, 0.2) is 0 Å². The lowest BCUT2D eigenvalue weighted by molar-refractivity contribution is 1.15. The third kappa shape index (κ3) is 3.21. The molecule has 0 radical (unpaired) electrons. The van der Waals surface area contributed by atoms with Crippen LogP contribution in [0, 0.1) is 0 Å². The standard InChI is InChI=1S/C41H24N6/c1-3-10-25(11-4-1)45-35-16-8-7-14-27(35)28-17-18-29-32-22-33-31(23-36(32)46(39(29)38(28)45)26-12-5-2-6-13-26)30-15-9-20-43-40(30)47-37-24-42-21-19-34(37)44-41(33)47/h1-24H. The second kappa shape index (κ2) is 9.02. The van der Waals surface area contributed by atoms with E-state index in [9.17, 15) is 0 Å². The number of para-hydroxylation sites is 3. The molecule has 6 heterocycles. The summed E-state index contributed by atoms with van der Waals surface area (Å²) in [4.78, 5) is 14.5. The molecule has 0 saturated heterocycles. The molecule has 218 valence electrons. The fraction of sp³-hybridized carbons (Fsp3) is 0. The van der Waals surface area contributed by atoms with Crippen LogP contribution in [0.5, 0.6) is 0 Å². The van der Waals surface area contributed by atoms with Gasteiger partial charge in [0.2, 0.25) is 0 Å². The summed E-state index contributed by atoms with van der Waals surface area (Å²) in [6, 6.07) is 45.6. The van der Waals surface area contributed by atoms with E-state index in [0.29, 0.717) is 0 Å². The highest BCUT2D eigenvalue weighted by Crippen LogP contribution is 2.44. The Hall–Kier alpha value is -6.53. The topological polar surface area (TPSA) is 52.9 Å². The first-order valence-electron chi connectivity index (χ1n) is 15.8. The van der Waals surface area contributed by atoms with E-state index in [1.54, 1.807) is 6.20 Å². The van der Waals surface area contributed by atoms with Crippen molar-refractivity contribution in [2.24, 2.45) is 0 Å². The van der Waals surface area contributed by atoms with Crippen molar-refractivity contribution in [2.45, 2.75) is 0 Å². The Kier molecular flexibility index (Phi) is 4.75. The molecular formula is C41H24N6. The van der Waals surface area contributed by atoms with Crippen molar-refractivity contribution in [3.63, 3.8) is 0 Å². The van der Waals surface area contributed by atoms with Gasteiger partial charge < -0.3 is 9.13 Å². The number of imidazole rings is 1. The van der Waals surface area contributed by atoms with Crippen LogP contribution in [0.25, 0.3) is 93.5 Å². The van der Waals surface area contributed by atoms with Crippen molar-refractivity contribution >= 4 is 82.1 Å². The number of benzene rings is 5. The van der Waals surface area contributed by atoms with Gasteiger partial charge in [-0.15, -0.1) is 0 Å². The van der Waals surface area contributed by atoms with Crippen LogP contribution >= 0.6 is 0 Å². The van der Waals surface area contributed by atoms with Crippen molar-refractivity contribution < 1.29 is 0 Å². The number of rotatable bonds is 2. The van der Waals surface area contributed by atoms with E-state index in [1.165, 1.54) is 38.1 Å². The smallest absolute Gasteiger partial charge is 0.147 e. The van der Waals surface area contributed by atoms with E-state index in [-0.39, 0.29) is 0 Å². The lowest BCUT2D eigenvalue weighted by Gasteiger charge is -2.13. The Bertz CT molecular complexity index is 3060. The van der Waals surface area contributed by atoms with E-state index in [1.807, 2.05) is 24.5 Å². The molecule has 0 bridgehead atoms. The molecule has 11 aromatic rings. The number of hydrogen-bond donors (Lipinski definition) is 0. The molecule has 0 aliphatic carbocycles. The highest BCUT2D eigenvalue weighted by molar-refractivity contribution is 6.27. The number of pyridine rings is 3. The largest absolute Gasteiger partial charge is 0.307 e. The summed E-state index contributed by atoms with van der Waals surface area (Å²) in [5.41, 5.74) is 10.6. The van der Waals surface area contributed by atoms with E-state index in [0.717, 1.165) is 55.4 Å². The van der Waals surface area contributed by atoms with Crippen LogP contribution in [0.3, 0.4) is 0 Å². The second-order valence-electron chi connectivity index (χ2n) is 12.1. The maximum atomic E-state index is 5.15. The number of nitrogens with zero attached hydrogens (tertiary/aromatic N) is 6. The van der Waals surface area contributed by atoms with Gasteiger partial charge in [0.05, 0.1) is 39.3 Å². The van der Waals surface area contributed by atoms with Crippen molar-refractivity contribution in [1.82, 2.24) is 28.5 Å². The van der Waals surface area contributed by atoms with Gasteiger partial charge >= 0.3 is 0 Å². The summed E-state index contributed by atoms with van der Waals surface area (Å²) in [6.07, 6.45) is 5.54. The first kappa shape index (κ1) is 24.8. The molecule has 0 fully saturated rings. The van der Waals surface area contributed by atoms with Gasteiger partial charge in [0.25, 0.3) is 0 Å². The van der Waals surface area contributed by atoms with Crippen molar-refractivity contribution in [1.29, 1.82) is 0 Å². The second-order valence-corrected chi connectivity index (χ2v) is 12.1. The van der Waals surface area contributed by atoms with Gasteiger partial charge in [0, 0.05) is 56.1 Å². The third-order valence-electron chi connectivity index (χ3n) is 9.72. The molecule has 5 aromatic carbocycles. The fourth-order valence-electron chi connectivity index (χ4n) is 7.80. The summed E-state index contributed by atoms with van der Waals surface area (Å²) in [6.45, 7) is 0. The van der Waals surface area contributed by atoms with E-state index in [2.05, 4.69) is 134 Å². The van der Waals surface area contributed by atoms with Crippen LogP contribution < -0.4 is 0 Å². The molecule has 0 aliphatic heterocycles. The molecule has 0 atom stereocenters. The zero-order valence-electron chi connectivity index (χ0n) is 25.0. The Labute approximate surface area is 267 Å². The quantitative estimate of drug-likeness (QED) is 0.186. The van der Waals surface area contributed by atoms with Crippen LogP contribution in [-0.4, -0.2) is 28.5 Å². The molecule has 6 nitrogen and oxygen atoms in total. The summed E-state index contributed by atoms with van der Waals surface area (Å²) < 4.78 is 7.04. The highest BCUT2D eigenvalue weighted by atomic mass is 15.1. The molecule has 11 rings (SSSR count). The van der Waals surface area contributed by atoms with Crippen LogP contribution in [0.4, 0.5) is 0 Å². The van der Waals surface area contributed by atoms with E-state index >= 15 is 0 Å². The number of hydrogen-bond acceptors (Lipinski definition) is 3. The zero-order chi connectivity index (χ0) is 30.6. The predicted molar refractivity (Wildman–Crippen MR) is 192 cm³/mol. The number of aromatic nitrogens is 6. The lowest BCUT2D eigenvalue weighted by atomic mass is 10.0. The Morgan fingerprint density at radius 1 is 0.426 bits per heavy atom. The van der Waals surface area contributed by atoms with Crippen molar-refractivity contribution in [3.8, 4) is 11.4 Å². The van der Waals surface area contributed by atoms with Crippen LogP contribution in [0.1, 0.15) is 0 Å². The summed E-state index contributed by atoms with van der Waals surface area (Å²) >= 11 is 0. The maximum Gasteiger partial charge on any atom is 0.147 e. The lowest BCUT2D eigenvalue weighted by Crippen LogP contribution is -1.98. The molecule has 0 spiro atoms. The van der Waals surface area contributed by atoms with Crippen LogP contribution in [-0.2, 0) is 0 Å². The minimum atomic E-state index is 0.874. The first-order chi connectivity index (χ1) is 23.3. The molecule has 0 N–H and O–H groups in total. The molecule has 6 aromatic heterocycles. The molecule has 0 saturated carbocycles. The monoisotopic (exact) mass is 600 g/mol. The third-order valence-corrected chi connectivity index (χ3v) is 9.72. The molecule has 0 aliphatic rings. The number of fused-ring (bicyclic) bond motifs is 15. The minimum absolute atomic E-state index is 0.874. The average Bonchev–Trinajstić information content (AvgIpc) is 3.80. The maximum absolute atomic E-state index is 5.15. The van der Waals surface area contributed by atoms with Crippen LogP contribution in [0.15, 0.2) is 146 Å². The molecule has 0 amide bonds. The Morgan fingerprint density at radius 2 is 1.11 bits per heavy atom.